The Morgan fingerprint density at radius 1 is 1.12 bits per heavy atom. The van der Waals surface area contributed by atoms with Gasteiger partial charge in [-0.3, -0.25) is 4.98 Å². The number of hydrogen-bond donors (Lipinski definition) is 1. The molecule has 0 aliphatic carbocycles. The molecule has 0 unspecified atom stereocenters. The van der Waals surface area contributed by atoms with Crippen LogP contribution < -0.4 is 5.32 Å². The summed E-state index contributed by atoms with van der Waals surface area (Å²) in [6.45, 7) is 0.590. The lowest BCUT2D eigenvalue weighted by atomic mass is 10.2. The minimum atomic E-state index is -0.162. The number of rotatable bonds is 5. The van der Waals surface area contributed by atoms with Gasteiger partial charge in [-0.15, -0.1) is 0 Å². The number of benzene rings is 1. The fourth-order valence-electron chi connectivity index (χ4n) is 2.33. The largest absolute Gasteiger partial charge is 0.327 e. The van der Waals surface area contributed by atoms with E-state index in [2.05, 4.69) is 15.4 Å². The van der Waals surface area contributed by atoms with Gasteiger partial charge in [-0.2, -0.15) is 5.10 Å². The van der Waals surface area contributed by atoms with E-state index in [1.165, 1.54) is 0 Å². The first-order valence-corrected chi connectivity index (χ1v) is 7.75. The third-order valence-corrected chi connectivity index (χ3v) is 3.67. The van der Waals surface area contributed by atoms with Gasteiger partial charge in [0.25, 0.3) is 0 Å². The molecule has 2 heterocycles. The van der Waals surface area contributed by atoms with Gasteiger partial charge in [0.1, 0.15) is 0 Å². The monoisotopic (exact) mass is 321 g/mol. The predicted molar refractivity (Wildman–Crippen MR) is 93.2 cm³/mol. The molecule has 0 aliphatic rings. The van der Waals surface area contributed by atoms with Crippen molar-refractivity contribution in [2.45, 2.75) is 6.42 Å². The molecular weight excluding hydrogens is 302 g/mol. The number of para-hydroxylation sites is 2. The lowest BCUT2D eigenvalue weighted by Gasteiger charge is -2.19. The molecule has 0 fully saturated rings. The van der Waals surface area contributed by atoms with Gasteiger partial charge in [-0.25, -0.2) is 9.48 Å². The first-order chi connectivity index (χ1) is 11.7. The molecular formula is C18H19N5O. The number of carbonyl (C=O) groups excluding carboxylic acids is 1. The second kappa shape index (κ2) is 7.41. The number of nitrogens with zero attached hydrogens (tertiary/aromatic N) is 4. The van der Waals surface area contributed by atoms with E-state index in [1.807, 2.05) is 54.7 Å². The Bertz CT molecular complexity index is 786. The van der Waals surface area contributed by atoms with Gasteiger partial charge in [0, 0.05) is 44.3 Å². The highest BCUT2D eigenvalue weighted by Gasteiger charge is 2.12. The van der Waals surface area contributed by atoms with E-state index in [4.69, 9.17) is 0 Å². The molecule has 0 atom stereocenters. The van der Waals surface area contributed by atoms with Crippen molar-refractivity contribution in [3.8, 4) is 5.69 Å². The van der Waals surface area contributed by atoms with Crippen LogP contribution in [0.25, 0.3) is 5.69 Å². The van der Waals surface area contributed by atoms with Crippen LogP contribution in [0.3, 0.4) is 0 Å². The number of likely N-dealkylation sites (N-methyl/N-ethyl adjacent to an activating group) is 1. The zero-order chi connectivity index (χ0) is 16.8. The summed E-state index contributed by atoms with van der Waals surface area (Å²) in [7, 11) is 1.77. The maximum absolute atomic E-state index is 12.4. The fraction of sp³-hybridized carbons (Fsp3) is 0.167. The molecule has 0 bridgehead atoms. The summed E-state index contributed by atoms with van der Waals surface area (Å²) in [4.78, 5) is 18.3. The van der Waals surface area contributed by atoms with E-state index in [9.17, 15) is 4.79 Å². The van der Waals surface area contributed by atoms with Crippen molar-refractivity contribution in [3.05, 3.63) is 72.8 Å². The Hall–Kier alpha value is -3.15. The third kappa shape index (κ3) is 3.78. The first-order valence-electron chi connectivity index (χ1n) is 7.75. The molecule has 3 rings (SSSR count). The molecule has 3 aromatic rings. The number of carbonyl (C=O) groups is 1. The highest BCUT2D eigenvalue weighted by atomic mass is 16.2. The fourth-order valence-corrected chi connectivity index (χ4v) is 2.33. The summed E-state index contributed by atoms with van der Waals surface area (Å²) in [6.07, 6.45) is 6.02. The van der Waals surface area contributed by atoms with E-state index in [0.717, 1.165) is 17.1 Å². The van der Waals surface area contributed by atoms with Crippen LogP contribution in [-0.4, -0.2) is 39.3 Å². The van der Waals surface area contributed by atoms with Gasteiger partial charge in [0.15, 0.2) is 0 Å². The van der Waals surface area contributed by atoms with Gasteiger partial charge in [-0.1, -0.05) is 18.2 Å². The van der Waals surface area contributed by atoms with Crippen molar-refractivity contribution < 1.29 is 4.79 Å². The van der Waals surface area contributed by atoms with Gasteiger partial charge < -0.3 is 10.2 Å². The van der Waals surface area contributed by atoms with Crippen molar-refractivity contribution in [1.29, 1.82) is 0 Å². The molecule has 0 radical (unpaired) electrons. The molecule has 1 aromatic carbocycles. The molecule has 0 aliphatic heterocycles. The zero-order valence-corrected chi connectivity index (χ0v) is 13.5. The van der Waals surface area contributed by atoms with Crippen LogP contribution in [0.15, 0.2) is 67.1 Å². The highest BCUT2D eigenvalue weighted by Crippen LogP contribution is 2.19. The van der Waals surface area contributed by atoms with E-state index < -0.39 is 0 Å². The van der Waals surface area contributed by atoms with Crippen molar-refractivity contribution in [3.63, 3.8) is 0 Å². The molecule has 0 saturated heterocycles. The molecule has 6 heteroatoms. The zero-order valence-electron chi connectivity index (χ0n) is 13.5. The standard InChI is InChI=1S/C18H19N5O/c1-22(14-10-15-7-4-5-11-19-15)18(24)21-16-8-2-3-9-17(16)23-13-6-12-20-23/h2-9,11-13H,10,14H2,1H3,(H,21,24). The smallest absolute Gasteiger partial charge is 0.321 e. The van der Waals surface area contributed by atoms with Crippen molar-refractivity contribution in [2.75, 3.05) is 18.9 Å². The Labute approximate surface area is 140 Å². The molecule has 2 aromatic heterocycles. The van der Waals surface area contributed by atoms with Gasteiger partial charge >= 0.3 is 6.03 Å². The number of pyridine rings is 1. The van der Waals surface area contributed by atoms with Crippen LogP contribution in [-0.2, 0) is 6.42 Å². The minimum absolute atomic E-state index is 0.162. The molecule has 2 amide bonds. The summed E-state index contributed by atoms with van der Waals surface area (Å²) >= 11 is 0. The molecule has 0 saturated carbocycles. The second-order valence-electron chi connectivity index (χ2n) is 5.39. The quantitative estimate of drug-likeness (QED) is 0.786. The van der Waals surface area contributed by atoms with Crippen molar-refractivity contribution in [2.24, 2.45) is 0 Å². The number of nitrogens with one attached hydrogen (secondary N) is 1. The summed E-state index contributed by atoms with van der Waals surface area (Å²) in [5, 5.41) is 7.16. The van der Waals surface area contributed by atoms with Crippen LogP contribution in [0.1, 0.15) is 5.69 Å². The van der Waals surface area contributed by atoms with Crippen LogP contribution in [0, 0.1) is 0 Å². The summed E-state index contributed by atoms with van der Waals surface area (Å²) in [6, 6.07) is 15.0. The van der Waals surface area contributed by atoms with E-state index in [0.29, 0.717) is 13.0 Å². The topological polar surface area (TPSA) is 63.1 Å². The highest BCUT2D eigenvalue weighted by molar-refractivity contribution is 5.91. The maximum Gasteiger partial charge on any atom is 0.321 e. The van der Waals surface area contributed by atoms with Crippen LogP contribution in [0.5, 0.6) is 0 Å². The van der Waals surface area contributed by atoms with Gasteiger partial charge in [-0.05, 0) is 30.3 Å². The molecule has 122 valence electrons. The van der Waals surface area contributed by atoms with E-state index >= 15 is 0 Å². The molecule has 1 N–H and O–H groups in total. The molecule has 0 spiro atoms. The Morgan fingerprint density at radius 3 is 2.71 bits per heavy atom. The average molecular weight is 321 g/mol. The van der Waals surface area contributed by atoms with E-state index in [-0.39, 0.29) is 6.03 Å². The van der Waals surface area contributed by atoms with Gasteiger partial charge in [0.2, 0.25) is 0 Å². The Kier molecular flexibility index (Phi) is 4.86. The summed E-state index contributed by atoms with van der Waals surface area (Å²) < 4.78 is 1.73. The number of hydrogen-bond acceptors (Lipinski definition) is 3. The Balaban J connectivity index is 1.64. The van der Waals surface area contributed by atoms with Crippen LogP contribution in [0.2, 0.25) is 0 Å². The molecule has 6 nitrogen and oxygen atoms in total. The summed E-state index contributed by atoms with van der Waals surface area (Å²) in [5.74, 6) is 0. The van der Waals surface area contributed by atoms with Gasteiger partial charge in [0.05, 0.1) is 11.4 Å². The average Bonchev–Trinajstić information content (AvgIpc) is 3.15. The normalized spacial score (nSPS) is 10.4. The Morgan fingerprint density at radius 2 is 1.96 bits per heavy atom. The predicted octanol–water partition coefficient (Wildman–Crippen LogP) is 2.97. The SMILES string of the molecule is CN(CCc1ccccn1)C(=O)Nc1ccccc1-n1cccn1. The third-order valence-electron chi connectivity index (χ3n) is 3.67. The van der Waals surface area contributed by atoms with Crippen LogP contribution in [0.4, 0.5) is 10.5 Å². The van der Waals surface area contributed by atoms with Crippen molar-refractivity contribution in [1.82, 2.24) is 19.7 Å². The maximum atomic E-state index is 12.4. The second-order valence-corrected chi connectivity index (χ2v) is 5.39. The number of amides is 2. The summed E-state index contributed by atoms with van der Waals surface area (Å²) in [5.41, 5.74) is 2.51. The lowest BCUT2D eigenvalue weighted by Crippen LogP contribution is -2.33. The molecule has 24 heavy (non-hydrogen) atoms. The number of anilines is 1. The van der Waals surface area contributed by atoms with E-state index in [1.54, 1.807) is 29.0 Å². The first kappa shape index (κ1) is 15.7. The number of aromatic nitrogens is 3. The lowest BCUT2D eigenvalue weighted by molar-refractivity contribution is 0.223. The van der Waals surface area contributed by atoms with Crippen LogP contribution >= 0.6 is 0 Å². The minimum Gasteiger partial charge on any atom is -0.327 e. The van der Waals surface area contributed by atoms with Crippen molar-refractivity contribution >= 4 is 11.7 Å². The number of urea groups is 1.